The molecule has 88 valence electrons. The molecule has 1 N–H and O–H groups in total. The van der Waals surface area contributed by atoms with Gasteiger partial charge in [-0.2, -0.15) is 0 Å². The van der Waals surface area contributed by atoms with E-state index < -0.39 is 0 Å². The van der Waals surface area contributed by atoms with Crippen LogP contribution in [0.15, 0.2) is 23.3 Å². The molecule has 0 fully saturated rings. The molecule has 1 heteroatoms. The molecule has 0 unspecified atom stereocenters. The summed E-state index contributed by atoms with van der Waals surface area (Å²) in [6.45, 7) is 10.9. The lowest BCUT2D eigenvalue weighted by Crippen LogP contribution is -2.15. The van der Waals surface area contributed by atoms with E-state index in [9.17, 15) is 0 Å². The lowest BCUT2D eigenvalue weighted by Gasteiger charge is -2.19. The molecule has 15 heavy (non-hydrogen) atoms. The quantitative estimate of drug-likeness (QED) is 0.655. The maximum atomic E-state index is 9.12. The second kappa shape index (κ2) is 6.84. The molecule has 0 amide bonds. The fraction of sp³-hybridized carbons (Fsp3) is 0.714. The molecule has 0 aromatic carbocycles. The van der Waals surface area contributed by atoms with Crippen LogP contribution in [-0.2, 0) is 0 Å². The van der Waals surface area contributed by atoms with Gasteiger partial charge in [0.2, 0.25) is 0 Å². The summed E-state index contributed by atoms with van der Waals surface area (Å²) in [4.78, 5) is 0. The van der Waals surface area contributed by atoms with Crippen LogP contribution < -0.4 is 0 Å². The Kier molecular flexibility index (Phi) is 6.58. The molecule has 0 heterocycles. The van der Waals surface area contributed by atoms with Crippen LogP contribution in [0.25, 0.3) is 0 Å². The van der Waals surface area contributed by atoms with Crippen molar-refractivity contribution in [2.45, 2.75) is 53.9 Å². The number of aliphatic hydroxyl groups excluding tert-OH is 1. The zero-order valence-electron chi connectivity index (χ0n) is 10.9. The van der Waals surface area contributed by atoms with Crippen molar-refractivity contribution in [3.05, 3.63) is 23.3 Å². The minimum Gasteiger partial charge on any atom is -0.396 e. The van der Waals surface area contributed by atoms with Gasteiger partial charge in [0, 0.05) is 6.61 Å². The summed E-state index contributed by atoms with van der Waals surface area (Å²) in [5.41, 5.74) is 2.84. The highest BCUT2D eigenvalue weighted by atomic mass is 16.3. The maximum Gasteiger partial charge on any atom is 0.0485 e. The third-order valence-corrected chi connectivity index (χ3v) is 2.52. The van der Waals surface area contributed by atoms with Crippen molar-refractivity contribution in [1.29, 1.82) is 0 Å². The number of rotatable bonds is 6. The van der Waals surface area contributed by atoms with Crippen molar-refractivity contribution >= 4 is 0 Å². The Morgan fingerprint density at radius 3 is 2.20 bits per heavy atom. The maximum absolute atomic E-state index is 9.12. The van der Waals surface area contributed by atoms with Gasteiger partial charge in [0.25, 0.3) is 0 Å². The van der Waals surface area contributed by atoms with E-state index in [1.807, 2.05) is 0 Å². The first-order chi connectivity index (χ1) is 6.87. The van der Waals surface area contributed by atoms with E-state index in [4.69, 9.17) is 5.11 Å². The molecule has 0 aromatic rings. The van der Waals surface area contributed by atoms with E-state index in [2.05, 4.69) is 46.8 Å². The molecule has 0 rings (SSSR count). The molecule has 0 aliphatic rings. The minimum atomic E-state index is 0.0256. The van der Waals surface area contributed by atoms with Crippen LogP contribution in [0.5, 0.6) is 0 Å². The van der Waals surface area contributed by atoms with Gasteiger partial charge in [0.1, 0.15) is 0 Å². The highest BCUT2D eigenvalue weighted by molar-refractivity contribution is 5.03. The summed E-state index contributed by atoms with van der Waals surface area (Å²) in [5.74, 6) is 0. The van der Waals surface area contributed by atoms with Crippen LogP contribution in [0.1, 0.15) is 53.9 Å². The van der Waals surface area contributed by atoms with Crippen molar-refractivity contribution < 1.29 is 5.11 Å². The van der Waals surface area contributed by atoms with Gasteiger partial charge in [-0.3, -0.25) is 0 Å². The lowest BCUT2D eigenvalue weighted by atomic mass is 9.89. The molecule has 1 nitrogen and oxygen atoms in total. The van der Waals surface area contributed by atoms with Gasteiger partial charge < -0.3 is 5.11 Å². The number of aliphatic hydroxyl groups is 1. The van der Waals surface area contributed by atoms with Crippen LogP contribution in [-0.4, -0.2) is 11.7 Å². The van der Waals surface area contributed by atoms with E-state index in [0.29, 0.717) is 0 Å². The summed E-state index contributed by atoms with van der Waals surface area (Å²) in [7, 11) is 0. The van der Waals surface area contributed by atoms with E-state index in [0.717, 1.165) is 19.3 Å². The predicted molar refractivity (Wildman–Crippen MR) is 67.9 cm³/mol. The molecule has 0 atom stereocenters. The molecule has 0 radical (unpaired) electrons. The molecule has 0 bridgehead atoms. The molecule has 0 saturated carbocycles. The van der Waals surface area contributed by atoms with Crippen LogP contribution >= 0.6 is 0 Å². The Morgan fingerprint density at radius 1 is 1.13 bits per heavy atom. The summed E-state index contributed by atoms with van der Waals surface area (Å²) >= 11 is 0. The van der Waals surface area contributed by atoms with E-state index in [-0.39, 0.29) is 12.0 Å². The summed E-state index contributed by atoms with van der Waals surface area (Å²) < 4.78 is 0. The summed E-state index contributed by atoms with van der Waals surface area (Å²) in [6.07, 6.45) is 7.75. The van der Waals surface area contributed by atoms with Crippen LogP contribution in [0.3, 0.4) is 0 Å². The van der Waals surface area contributed by atoms with Gasteiger partial charge >= 0.3 is 0 Å². The van der Waals surface area contributed by atoms with Crippen LogP contribution in [0, 0.1) is 5.41 Å². The monoisotopic (exact) mass is 210 g/mol. The third-order valence-electron chi connectivity index (χ3n) is 2.52. The fourth-order valence-electron chi connectivity index (χ4n) is 1.21. The van der Waals surface area contributed by atoms with E-state index >= 15 is 0 Å². The normalized spacial score (nSPS) is 12.8. The zero-order valence-corrected chi connectivity index (χ0v) is 10.9. The average molecular weight is 210 g/mol. The van der Waals surface area contributed by atoms with Crippen molar-refractivity contribution in [1.82, 2.24) is 0 Å². The van der Waals surface area contributed by atoms with Crippen molar-refractivity contribution in [3.63, 3.8) is 0 Å². The largest absolute Gasteiger partial charge is 0.396 e. The van der Waals surface area contributed by atoms with Gasteiger partial charge in [-0.1, -0.05) is 37.1 Å². The van der Waals surface area contributed by atoms with Gasteiger partial charge in [-0.25, -0.2) is 0 Å². The first-order valence-electron chi connectivity index (χ1n) is 5.77. The fourth-order valence-corrected chi connectivity index (χ4v) is 1.21. The Morgan fingerprint density at radius 2 is 1.73 bits per heavy atom. The van der Waals surface area contributed by atoms with Crippen LogP contribution in [0.4, 0.5) is 0 Å². The topological polar surface area (TPSA) is 20.2 Å². The van der Waals surface area contributed by atoms with Crippen molar-refractivity contribution in [2.75, 3.05) is 6.61 Å². The number of hydrogen-bond donors (Lipinski definition) is 1. The minimum absolute atomic E-state index is 0.0256. The Balaban J connectivity index is 3.95. The van der Waals surface area contributed by atoms with Gasteiger partial charge in [-0.05, 0) is 45.4 Å². The van der Waals surface area contributed by atoms with Gasteiger partial charge in [-0.15, -0.1) is 0 Å². The number of allylic oxidation sites excluding steroid dienone is 4. The second-order valence-electron chi connectivity index (χ2n) is 5.40. The van der Waals surface area contributed by atoms with Crippen molar-refractivity contribution in [2.24, 2.45) is 5.41 Å². The second-order valence-corrected chi connectivity index (χ2v) is 5.40. The summed E-state index contributed by atoms with van der Waals surface area (Å²) in [5, 5.41) is 9.12. The number of hydrogen-bond acceptors (Lipinski definition) is 1. The molecule has 0 spiro atoms. The summed E-state index contributed by atoms with van der Waals surface area (Å²) in [6, 6.07) is 0. The van der Waals surface area contributed by atoms with Crippen LogP contribution in [0.2, 0.25) is 0 Å². The zero-order chi connectivity index (χ0) is 11.9. The predicted octanol–water partition coefficient (Wildman–Crippen LogP) is 4.09. The smallest absolute Gasteiger partial charge is 0.0485 e. The molecular weight excluding hydrogens is 184 g/mol. The SMILES string of the molecule is CC(C)=CCCC(C)=CCC(C)(C)CO. The Bertz CT molecular complexity index is 230. The van der Waals surface area contributed by atoms with E-state index in [1.165, 1.54) is 11.1 Å². The standard InChI is InChI=1S/C14H26O/c1-12(2)7-6-8-13(3)9-10-14(4,5)11-15/h7,9,15H,6,8,10-11H2,1-5H3. The molecule has 0 aromatic heterocycles. The van der Waals surface area contributed by atoms with E-state index in [1.54, 1.807) is 0 Å². The molecule has 0 aliphatic heterocycles. The first kappa shape index (κ1) is 14.4. The Labute approximate surface area is 94.9 Å². The Hall–Kier alpha value is -0.560. The lowest BCUT2D eigenvalue weighted by molar-refractivity contribution is 0.162. The van der Waals surface area contributed by atoms with Crippen molar-refractivity contribution in [3.8, 4) is 0 Å². The molecular formula is C14H26O. The highest BCUT2D eigenvalue weighted by Gasteiger charge is 2.13. The van der Waals surface area contributed by atoms with Gasteiger partial charge in [0.15, 0.2) is 0 Å². The third kappa shape index (κ3) is 8.44. The molecule has 0 saturated heterocycles. The highest BCUT2D eigenvalue weighted by Crippen LogP contribution is 2.21. The first-order valence-corrected chi connectivity index (χ1v) is 5.77. The average Bonchev–Trinajstić information content (AvgIpc) is 2.14. The van der Waals surface area contributed by atoms with Gasteiger partial charge in [0.05, 0.1) is 0 Å². The molecule has 0 aliphatic carbocycles.